The highest BCUT2D eigenvalue weighted by molar-refractivity contribution is 6.33. The molecule has 1 aromatic carbocycles. The second kappa shape index (κ2) is 4.09. The Balaban J connectivity index is 2.06. The molecule has 3 N–H and O–H groups in total. The predicted octanol–water partition coefficient (Wildman–Crippen LogP) is 2.11. The molecule has 4 heteroatoms. The van der Waals surface area contributed by atoms with Gasteiger partial charge in [-0.3, -0.25) is 0 Å². The molecule has 0 amide bonds. The molecule has 15 heavy (non-hydrogen) atoms. The van der Waals surface area contributed by atoms with Crippen molar-refractivity contribution in [2.75, 3.05) is 5.32 Å². The zero-order chi connectivity index (χ0) is 10.8. The van der Waals surface area contributed by atoms with Gasteiger partial charge < -0.3 is 11.1 Å². The number of benzene rings is 1. The summed E-state index contributed by atoms with van der Waals surface area (Å²) in [4.78, 5) is 0. The van der Waals surface area contributed by atoms with Gasteiger partial charge in [0, 0.05) is 12.1 Å². The number of anilines is 1. The lowest BCUT2D eigenvalue weighted by atomic mass is 9.87. The van der Waals surface area contributed by atoms with Crippen LogP contribution in [0, 0.1) is 11.3 Å². The average Bonchev–Trinajstić information content (AvgIpc) is 2.18. The quantitative estimate of drug-likeness (QED) is 0.804. The lowest BCUT2D eigenvalue weighted by Crippen LogP contribution is -2.44. The van der Waals surface area contributed by atoms with Gasteiger partial charge in [0.05, 0.1) is 22.3 Å². The molecule has 1 aliphatic carbocycles. The van der Waals surface area contributed by atoms with Gasteiger partial charge in [0.15, 0.2) is 0 Å². The van der Waals surface area contributed by atoms with E-state index in [1.54, 1.807) is 12.1 Å². The second-order valence-electron chi connectivity index (χ2n) is 3.88. The highest BCUT2D eigenvalue weighted by Crippen LogP contribution is 2.28. The van der Waals surface area contributed by atoms with Crippen molar-refractivity contribution in [3.8, 4) is 6.07 Å². The Kier molecular flexibility index (Phi) is 2.81. The lowest BCUT2D eigenvalue weighted by Gasteiger charge is -2.34. The summed E-state index contributed by atoms with van der Waals surface area (Å²) < 4.78 is 0. The highest BCUT2D eigenvalue weighted by atomic mass is 35.5. The van der Waals surface area contributed by atoms with Crippen molar-refractivity contribution in [1.29, 1.82) is 5.26 Å². The fraction of sp³-hybridized carbons (Fsp3) is 0.364. The molecule has 0 radical (unpaired) electrons. The maximum Gasteiger partial charge on any atom is 0.0992 e. The summed E-state index contributed by atoms with van der Waals surface area (Å²) in [6.45, 7) is 0. The Bertz CT molecular complexity index is 405. The van der Waals surface area contributed by atoms with Crippen LogP contribution in [0.1, 0.15) is 18.4 Å². The summed E-state index contributed by atoms with van der Waals surface area (Å²) >= 11 is 6.02. The Labute approximate surface area is 93.8 Å². The first-order valence-corrected chi connectivity index (χ1v) is 5.28. The first kappa shape index (κ1) is 10.3. The zero-order valence-corrected chi connectivity index (χ0v) is 8.96. The van der Waals surface area contributed by atoms with Crippen molar-refractivity contribution < 1.29 is 0 Å². The Morgan fingerprint density at radius 2 is 2.20 bits per heavy atom. The van der Waals surface area contributed by atoms with Crippen molar-refractivity contribution in [2.24, 2.45) is 5.73 Å². The maximum absolute atomic E-state index is 8.68. The Morgan fingerprint density at radius 1 is 1.47 bits per heavy atom. The van der Waals surface area contributed by atoms with Crippen LogP contribution in [0.15, 0.2) is 18.2 Å². The third-order valence-electron chi connectivity index (χ3n) is 2.63. The molecule has 0 bridgehead atoms. The Morgan fingerprint density at radius 3 is 2.73 bits per heavy atom. The van der Waals surface area contributed by atoms with Crippen LogP contribution < -0.4 is 11.1 Å². The Hall–Kier alpha value is -1.24. The van der Waals surface area contributed by atoms with Gasteiger partial charge in [-0.1, -0.05) is 11.6 Å². The first-order chi connectivity index (χ1) is 7.19. The first-order valence-electron chi connectivity index (χ1n) is 4.91. The van der Waals surface area contributed by atoms with E-state index in [2.05, 4.69) is 11.4 Å². The van der Waals surface area contributed by atoms with Crippen LogP contribution in [0.5, 0.6) is 0 Å². The standard InChI is InChI=1S/C11H12ClN3/c12-10-3-7(6-13)1-2-11(10)15-9-4-8(14)5-9/h1-3,8-9,15H,4-5,14H2. The van der Waals surface area contributed by atoms with E-state index in [-0.39, 0.29) is 0 Å². The number of nitriles is 1. The van der Waals surface area contributed by atoms with E-state index < -0.39 is 0 Å². The molecule has 0 heterocycles. The van der Waals surface area contributed by atoms with E-state index in [0.29, 0.717) is 22.7 Å². The van der Waals surface area contributed by atoms with Crippen molar-refractivity contribution in [3.05, 3.63) is 28.8 Å². The van der Waals surface area contributed by atoms with Gasteiger partial charge in [0.1, 0.15) is 0 Å². The van der Waals surface area contributed by atoms with Crippen LogP contribution in [0.25, 0.3) is 0 Å². The van der Waals surface area contributed by atoms with Gasteiger partial charge in [-0.05, 0) is 31.0 Å². The van der Waals surface area contributed by atoms with E-state index in [9.17, 15) is 0 Å². The van der Waals surface area contributed by atoms with E-state index in [1.807, 2.05) is 6.07 Å². The molecule has 78 valence electrons. The molecule has 0 unspecified atom stereocenters. The summed E-state index contributed by atoms with van der Waals surface area (Å²) in [5.41, 5.74) is 7.15. The maximum atomic E-state index is 8.68. The van der Waals surface area contributed by atoms with Crippen LogP contribution in [-0.2, 0) is 0 Å². The number of rotatable bonds is 2. The molecule has 3 nitrogen and oxygen atoms in total. The fourth-order valence-electron chi connectivity index (χ4n) is 1.70. The van der Waals surface area contributed by atoms with Gasteiger partial charge in [-0.2, -0.15) is 5.26 Å². The minimum absolute atomic E-state index is 0.319. The molecule has 1 saturated carbocycles. The summed E-state index contributed by atoms with van der Waals surface area (Å²) in [6.07, 6.45) is 1.96. The molecule has 0 atom stereocenters. The van der Waals surface area contributed by atoms with Crippen molar-refractivity contribution >= 4 is 17.3 Å². The monoisotopic (exact) mass is 221 g/mol. The SMILES string of the molecule is N#Cc1ccc(NC2CC(N)C2)c(Cl)c1. The number of hydrogen-bond acceptors (Lipinski definition) is 3. The van der Waals surface area contributed by atoms with Gasteiger partial charge >= 0.3 is 0 Å². The van der Waals surface area contributed by atoms with Crippen molar-refractivity contribution in [1.82, 2.24) is 0 Å². The molecular weight excluding hydrogens is 210 g/mol. The topological polar surface area (TPSA) is 61.8 Å². The third kappa shape index (κ3) is 2.23. The van der Waals surface area contributed by atoms with E-state index in [4.69, 9.17) is 22.6 Å². The largest absolute Gasteiger partial charge is 0.381 e. The average molecular weight is 222 g/mol. The molecule has 0 saturated heterocycles. The lowest BCUT2D eigenvalue weighted by molar-refractivity contribution is 0.374. The van der Waals surface area contributed by atoms with Gasteiger partial charge in [-0.15, -0.1) is 0 Å². The smallest absolute Gasteiger partial charge is 0.0992 e. The molecular formula is C11H12ClN3. The molecule has 0 aromatic heterocycles. The summed E-state index contributed by atoms with van der Waals surface area (Å²) in [5.74, 6) is 0. The zero-order valence-electron chi connectivity index (χ0n) is 8.20. The number of halogens is 1. The number of nitrogens with zero attached hydrogens (tertiary/aromatic N) is 1. The minimum Gasteiger partial charge on any atom is -0.381 e. The van der Waals surface area contributed by atoms with E-state index in [0.717, 1.165) is 18.5 Å². The van der Waals surface area contributed by atoms with Crippen LogP contribution >= 0.6 is 11.6 Å². The number of nitrogens with one attached hydrogen (secondary N) is 1. The third-order valence-corrected chi connectivity index (χ3v) is 2.95. The van der Waals surface area contributed by atoms with Gasteiger partial charge in [0.25, 0.3) is 0 Å². The summed E-state index contributed by atoms with van der Waals surface area (Å²) in [5, 5.41) is 12.6. The molecule has 0 spiro atoms. The van der Waals surface area contributed by atoms with Crippen LogP contribution in [0.4, 0.5) is 5.69 Å². The molecule has 2 rings (SSSR count). The van der Waals surface area contributed by atoms with Gasteiger partial charge in [-0.25, -0.2) is 0 Å². The summed E-state index contributed by atoms with van der Waals surface area (Å²) in [7, 11) is 0. The second-order valence-corrected chi connectivity index (χ2v) is 4.29. The molecule has 1 aliphatic rings. The van der Waals surface area contributed by atoms with E-state index >= 15 is 0 Å². The van der Waals surface area contributed by atoms with Crippen molar-refractivity contribution in [2.45, 2.75) is 24.9 Å². The van der Waals surface area contributed by atoms with E-state index in [1.165, 1.54) is 0 Å². The molecule has 1 aromatic rings. The van der Waals surface area contributed by atoms with Crippen molar-refractivity contribution in [3.63, 3.8) is 0 Å². The van der Waals surface area contributed by atoms with Crippen LogP contribution in [0.2, 0.25) is 5.02 Å². The van der Waals surface area contributed by atoms with Crippen LogP contribution in [-0.4, -0.2) is 12.1 Å². The number of nitrogens with two attached hydrogens (primary N) is 1. The number of hydrogen-bond donors (Lipinski definition) is 2. The molecule has 0 aliphatic heterocycles. The summed E-state index contributed by atoms with van der Waals surface area (Å²) in [6, 6.07) is 8.06. The minimum atomic E-state index is 0.319. The predicted molar refractivity (Wildman–Crippen MR) is 60.8 cm³/mol. The van der Waals surface area contributed by atoms with Gasteiger partial charge in [0.2, 0.25) is 0 Å². The highest BCUT2D eigenvalue weighted by Gasteiger charge is 2.25. The molecule has 1 fully saturated rings. The normalized spacial score (nSPS) is 24.1. The fourth-order valence-corrected chi connectivity index (χ4v) is 1.94. The van der Waals surface area contributed by atoms with Crippen LogP contribution in [0.3, 0.4) is 0 Å².